The Balaban J connectivity index is 1.35. The summed E-state index contributed by atoms with van der Waals surface area (Å²) in [5, 5.41) is 3.24. The van der Waals surface area contributed by atoms with Crippen LogP contribution in [0.5, 0.6) is 5.88 Å². The maximum absolute atomic E-state index is 6.00. The van der Waals surface area contributed by atoms with Gasteiger partial charge in [-0.05, 0) is 24.8 Å². The number of hydrogen-bond donors (Lipinski definition) is 0. The predicted molar refractivity (Wildman–Crippen MR) is 88.5 cm³/mol. The first-order chi connectivity index (χ1) is 11.4. The summed E-state index contributed by atoms with van der Waals surface area (Å²) in [6.45, 7) is 3.48. The molecule has 0 bridgehead atoms. The molecule has 23 heavy (non-hydrogen) atoms. The Morgan fingerprint density at radius 3 is 3.09 bits per heavy atom. The molecule has 2 aromatic heterocycles. The van der Waals surface area contributed by atoms with Gasteiger partial charge in [-0.1, -0.05) is 6.07 Å². The zero-order valence-electron chi connectivity index (χ0n) is 13.0. The maximum atomic E-state index is 6.00. The highest BCUT2D eigenvalue weighted by Gasteiger charge is 2.41. The van der Waals surface area contributed by atoms with Gasteiger partial charge in [-0.2, -0.15) is 0 Å². The van der Waals surface area contributed by atoms with Gasteiger partial charge in [-0.25, -0.2) is 9.97 Å². The highest BCUT2D eigenvalue weighted by Crippen LogP contribution is 2.35. The van der Waals surface area contributed by atoms with E-state index in [1.807, 2.05) is 29.8 Å². The zero-order valence-corrected chi connectivity index (χ0v) is 13.8. The van der Waals surface area contributed by atoms with Gasteiger partial charge in [-0.3, -0.25) is 4.90 Å². The smallest absolute Gasteiger partial charge is 0.213 e. The van der Waals surface area contributed by atoms with Gasteiger partial charge < -0.3 is 9.47 Å². The molecule has 0 N–H and O–H groups in total. The second-order valence-electron chi connectivity index (χ2n) is 6.19. The topological polar surface area (TPSA) is 47.5 Å². The summed E-state index contributed by atoms with van der Waals surface area (Å²) in [6, 6.07) is 6.26. The quantitative estimate of drug-likeness (QED) is 0.843. The summed E-state index contributed by atoms with van der Waals surface area (Å²) in [6.07, 6.45) is 6.19. The molecule has 2 fully saturated rings. The van der Waals surface area contributed by atoms with E-state index in [1.54, 1.807) is 17.5 Å². The highest BCUT2D eigenvalue weighted by atomic mass is 32.1. The van der Waals surface area contributed by atoms with Crippen molar-refractivity contribution in [2.45, 2.75) is 31.5 Å². The molecule has 4 rings (SSSR count). The van der Waals surface area contributed by atoms with Crippen LogP contribution >= 0.6 is 11.3 Å². The van der Waals surface area contributed by atoms with E-state index in [9.17, 15) is 0 Å². The summed E-state index contributed by atoms with van der Waals surface area (Å²) in [5.41, 5.74) is 0. The molecule has 0 radical (unpaired) electrons. The fraction of sp³-hybridized carbons (Fsp3) is 0.529. The Kier molecular flexibility index (Phi) is 4.55. The summed E-state index contributed by atoms with van der Waals surface area (Å²) in [5.74, 6) is 1.24. The van der Waals surface area contributed by atoms with Crippen molar-refractivity contribution in [2.75, 3.05) is 19.8 Å². The summed E-state index contributed by atoms with van der Waals surface area (Å²) < 4.78 is 11.8. The molecule has 1 saturated carbocycles. The second kappa shape index (κ2) is 6.95. The molecule has 3 atom stereocenters. The van der Waals surface area contributed by atoms with E-state index in [0.29, 0.717) is 23.9 Å². The largest absolute Gasteiger partial charge is 0.477 e. The molecule has 2 aliphatic rings. The number of ether oxygens (including phenoxy) is 2. The van der Waals surface area contributed by atoms with Crippen molar-refractivity contribution >= 4 is 11.3 Å². The van der Waals surface area contributed by atoms with E-state index in [0.717, 1.165) is 39.1 Å². The van der Waals surface area contributed by atoms with Crippen LogP contribution in [0.3, 0.4) is 0 Å². The molecule has 0 spiro atoms. The van der Waals surface area contributed by atoms with E-state index in [2.05, 4.69) is 14.9 Å². The van der Waals surface area contributed by atoms with Gasteiger partial charge in [0.1, 0.15) is 5.01 Å². The first-order valence-corrected chi connectivity index (χ1v) is 9.04. The predicted octanol–water partition coefficient (Wildman–Crippen LogP) is 2.60. The Hall–Kier alpha value is -1.50. The number of thiazole rings is 1. The Morgan fingerprint density at radius 2 is 2.26 bits per heavy atom. The van der Waals surface area contributed by atoms with Crippen molar-refractivity contribution in [1.29, 1.82) is 0 Å². The molecule has 1 aliphatic carbocycles. The molecular formula is C17H21N3O2S. The summed E-state index contributed by atoms with van der Waals surface area (Å²) in [4.78, 5) is 11.2. The normalized spacial score (nSPS) is 27.7. The third-order valence-corrected chi connectivity index (χ3v) is 5.44. The van der Waals surface area contributed by atoms with Crippen LogP contribution < -0.4 is 4.74 Å². The third-order valence-electron chi connectivity index (χ3n) is 4.68. The third kappa shape index (κ3) is 3.54. The molecule has 1 saturated heterocycles. The average molecular weight is 331 g/mol. The minimum Gasteiger partial charge on any atom is -0.477 e. The van der Waals surface area contributed by atoms with Crippen LogP contribution in [-0.4, -0.2) is 46.8 Å². The van der Waals surface area contributed by atoms with E-state index in [4.69, 9.17) is 9.47 Å². The number of aromatic nitrogens is 2. The molecule has 0 amide bonds. The van der Waals surface area contributed by atoms with Crippen LogP contribution in [0.4, 0.5) is 0 Å². The van der Waals surface area contributed by atoms with Gasteiger partial charge in [0.25, 0.3) is 0 Å². The summed E-state index contributed by atoms with van der Waals surface area (Å²) >= 11 is 1.73. The van der Waals surface area contributed by atoms with Gasteiger partial charge >= 0.3 is 0 Å². The van der Waals surface area contributed by atoms with E-state index < -0.39 is 0 Å². The standard InChI is InChI=1S/C17H21N3O2S/c1-2-4-18-16(3-1)22-12-13-9-14-15(10-13)21-7-6-20(14)11-17-19-5-8-23-17/h1-5,8,13-15H,6-7,9-12H2/t13-,14-,15-/m0/s1. The van der Waals surface area contributed by atoms with E-state index in [1.165, 1.54) is 5.01 Å². The zero-order chi connectivity index (χ0) is 15.5. The van der Waals surface area contributed by atoms with Gasteiger partial charge in [-0.15, -0.1) is 11.3 Å². The van der Waals surface area contributed by atoms with Crippen molar-refractivity contribution in [2.24, 2.45) is 5.92 Å². The number of pyridine rings is 1. The SMILES string of the molecule is c1ccc(OC[C@@H]2C[C@@H]3OCCN(Cc4nccs4)[C@H]3C2)nc1. The second-order valence-corrected chi connectivity index (χ2v) is 7.17. The van der Waals surface area contributed by atoms with Crippen molar-refractivity contribution in [3.8, 4) is 5.88 Å². The van der Waals surface area contributed by atoms with Crippen molar-refractivity contribution < 1.29 is 9.47 Å². The number of hydrogen-bond acceptors (Lipinski definition) is 6. The van der Waals surface area contributed by atoms with Crippen molar-refractivity contribution in [1.82, 2.24) is 14.9 Å². The lowest BCUT2D eigenvalue weighted by Crippen LogP contribution is -2.47. The highest BCUT2D eigenvalue weighted by molar-refractivity contribution is 7.09. The lowest BCUT2D eigenvalue weighted by atomic mass is 10.1. The van der Waals surface area contributed by atoms with Crippen LogP contribution in [0, 0.1) is 5.92 Å². The molecule has 6 heteroatoms. The van der Waals surface area contributed by atoms with Crippen LogP contribution in [0.1, 0.15) is 17.8 Å². The maximum Gasteiger partial charge on any atom is 0.213 e. The fourth-order valence-corrected chi connectivity index (χ4v) is 4.24. The number of morpholine rings is 1. The van der Waals surface area contributed by atoms with Crippen LogP contribution in [0.2, 0.25) is 0 Å². The van der Waals surface area contributed by atoms with Gasteiger partial charge in [0.2, 0.25) is 5.88 Å². The van der Waals surface area contributed by atoms with E-state index >= 15 is 0 Å². The molecule has 0 unspecified atom stereocenters. The first kappa shape index (κ1) is 15.1. The first-order valence-electron chi connectivity index (χ1n) is 8.16. The molecular weight excluding hydrogens is 310 g/mol. The van der Waals surface area contributed by atoms with Gasteiger partial charge in [0.15, 0.2) is 0 Å². The Bertz CT molecular complexity index is 608. The number of rotatable bonds is 5. The fourth-order valence-electron chi connectivity index (χ4n) is 3.60. The molecule has 1 aliphatic heterocycles. The Morgan fingerprint density at radius 1 is 1.26 bits per heavy atom. The minimum atomic E-state index is 0.334. The lowest BCUT2D eigenvalue weighted by molar-refractivity contribution is -0.0590. The molecule has 0 aromatic carbocycles. The summed E-state index contributed by atoms with van der Waals surface area (Å²) in [7, 11) is 0. The Labute approximate surface area is 140 Å². The number of fused-ring (bicyclic) bond motifs is 1. The number of nitrogens with zero attached hydrogens (tertiary/aromatic N) is 3. The molecule has 5 nitrogen and oxygen atoms in total. The van der Waals surface area contributed by atoms with Crippen molar-refractivity contribution in [3.63, 3.8) is 0 Å². The van der Waals surface area contributed by atoms with E-state index in [-0.39, 0.29) is 0 Å². The van der Waals surface area contributed by atoms with Crippen LogP contribution in [-0.2, 0) is 11.3 Å². The average Bonchev–Trinajstić information content (AvgIpc) is 3.23. The molecule has 122 valence electrons. The van der Waals surface area contributed by atoms with Crippen molar-refractivity contribution in [3.05, 3.63) is 41.0 Å². The molecule has 3 heterocycles. The lowest BCUT2D eigenvalue weighted by Gasteiger charge is -2.37. The van der Waals surface area contributed by atoms with Gasteiger partial charge in [0, 0.05) is 36.4 Å². The van der Waals surface area contributed by atoms with Crippen LogP contribution in [0.15, 0.2) is 36.0 Å². The monoisotopic (exact) mass is 331 g/mol. The minimum absolute atomic E-state index is 0.334. The van der Waals surface area contributed by atoms with Gasteiger partial charge in [0.05, 0.1) is 25.9 Å². The van der Waals surface area contributed by atoms with Crippen LogP contribution in [0.25, 0.3) is 0 Å². The molecule has 2 aromatic rings.